The average molecular weight is 255 g/mol. The highest BCUT2D eigenvalue weighted by atomic mass is 32.1. The molecule has 96 valence electrons. The Bertz CT molecular complexity index is 378. The van der Waals surface area contributed by atoms with Gasteiger partial charge in [0.15, 0.2) is 0 Å². The fourth-order valence-corrected chi connectivity index (χ4v) is 1.82. The lowest BCUT2D eigenvalue weighted by atomic mass is 10.2. The van der Waals surface area contributed by atoms with Crippen LogP contribution in [0.3, 0.4) is 0 Å². The van der Waals surface area contributed by atoms with Gasteiger partial charge in [-0.05, 0) is 25.7 Å². The van der Waals surface area contributed by atoms with Gasteiger partial charge >= 0.3 is 0 Å². The lowest BCUT2D eigenvalue weighted by molar-refractivity contribution is 0.283. The van der Waals surface area contributed by atoms with E-state index in [1.54, 1.807) is 0 Å². The third kappa shape index (κ3) is 5.79. The summed E-state index contributed by atoms with van der Waals surface area (Å²) in [6.07, 6.45) is 4.93. The lowest BCUT2D eigenvalue weighted by Crippen LogP contribution is -2.06. The minimum atomic E-state index is 0.276. The van der Waals surface area contributed by atoms with E-state index in [0.717, 1.165) is 50.3 Å². The maximum absolute atomic E-state index is 8.67. The van der Waals surface area contributed by atoms with Gasteiger partial charge in [0.2, 0.25) is 0 Å². The van der Waals surface area contributed by atoms with Gasteiger partial charge in [0, 0.05) is 25.6 Å². The first-order valence-electron chi connectivity index (χ1n) is 6.21. The molecule has 0 saturated heterocycles. The van der Waals surface area contributed by atoms with Gasteiger partial charge < -0.3 is 15.4 Å². The number of rotatable bonds is 8. The Labute approximate surface area is 107 Å². The van der Waals surface area contributed by atoms with Crippen LogP contribution in [0.4, 0.5) is 5.82 Å². The normalized spacial score (nSPS) is 10.5. The van der Waals surface area contributed by atoms with Gasteiger partial charge in [-0.15, -0.1) is 0 Å². The van der Waals surface area contributed by atoms with Gasteiger partial charge in [0.25, 0.3) is 0 Å². The smallest absolute Gasteiger partial charge is 0.131 e. The van der Waals surface area contributed by atoms with Gasteiger partial charge in [0.05, 0.1) is 0 Å². The molecule has 0 fully saturated rings. The Hall–Kier alpha value is -0.940. The number of aromatic nitrogens is 2. The minimum Gasteiger partial charge on any atom is -0.396 e. The van der Waals surface area contributed by atoms with Crippen LogP contribution >= 0.6 is 12.2 Å². The summed E-state index contributed by atoms with van der Waals surface area (Å²) in [5.74, 6) is 1.88. The number of nitrogens with zero attached hydrogens (tertiary/aromatic N) is 1. The number of anilines is 1. The van der Waals surface area contributed by atoms with Crippen LogP contribution < -0.4 is 5.32 Å². The van der Waals surface area contributed by atoms with Crippen molar-refractivity contribution in [3.8, 4) is 0 Å². The summed E-state index contributed by atoms with van der Waals surface area (Å²) in [5, 5.41) is 12.0. The third-order valence-corrected chi connectivity index (χ3v) is 2.64. The molecule has 0 amide bonds. The van der Waals surface area contributed by atoms with Crippen molar-refractivity contribution in [2.24, 2.45) is 0 Å². The zero-order valence-electron chi connectivity index (χ0n) is 10.3. The third-order valence-electron chi connectivity index (χ3n) is 2.43. The molecule has 0 spiro atoms. The molecule has 5 heteroatoms. The van der Waals surface area contributed by atoms with Crippen LogP contribution in [0.5, 0.6) is 0 Å². The molecule has 4 nitrogen and oxygen atoms in total. The van der Waals surface area contributed by atoms with Gasteiger partial charge in [-0.3, -0.25) is 0 Å². The molecule has 0 atom stereocenters. The number of hydrogen-bond acceptors (Lipinski definition) is 4. The summed E-state index contributed by atoms with van der Waals surface area (Å²) < 4.78 is 0.630. The van der Waals surface area contributed by atoms with E-state index in [9.17, 15) is 0 Å². The van der Waals surface area contributed by atoms with Crippen LogP contribution in [0.15, 0.2) is 6.07 Å². The molecule has 0 aliphatic rings. The van der Waals surface area contributed by atoms with Crippen LogP contribution in [0.1, 0.15) is 38.4 Å². The SMILES string of the molecule is CCCc1nc(=S)cc(NCCCCCO)[nH]1. The van der Waals surface area contributed by atoms with E-state index in [1.165, 1.54) is 0 Å². The lowest BCUT2D eigenvalue weighted by Gasteiger charge is -2.08. The van der Waals surface area contributed by atoms with Crippen LogP contribution in [0.25, 0.3) is 0 Å². The molecule has 1 heterocycles. The topological polar surface area (TPSA) is 60.9 Å². The molecule has 0 unspecified atom stereocenters. The number of aliphatic hydroxyl groups excluding tert-OH is 1. The van der Waals surface area contributed by atoms with E-state index < -0.39 is 0 Å². The van der Waals surface area contributed by atoms with E-state index >= 15 is 0 Å². The van der Waals surface area contributed by atoms with Crippen molar-refractivity contribution in [3.63, 3.8) is 0 Å². The Morgan fingerprint density at radius 1 is 1.41 bits per heavy atom. The molecule has 0 aromatic carbocycles. The van der Waals surface area contributed by atoms with Crippen molar-refractivity contribution in [2.75, 3.05) is 18.5 Å². The van der Waals surface area contributed by atoms with E-state index in [-0.39, 0.29) is 6.61 Å². The van der Waals surface area contributed by atoms with E-state index in [0.29, 0.717) is 4.64 Å². The van der Waals surface area contributed by atoms with Crippen molar-refractivity contribution in [1.29, 1.82) is 0 Å². The number of unbranched alkanes of at least 4 members (excludes halogenated alkanes) is 2. The molecule has 0 radical (unpaired) electrons. The number of hydrogen-bond donors (Lipinski definition) is 3. The van der Waals surface area contributed by atoms with Crippen molar-refractivity contribution in [3.05, 3.63) is 16.5 Å². The Morgan fingerprint density at radius 2 is 2.24 bits per heavy atom. The predicted molar refractivity (Wildman–Crippen MR) is 72.8 cm³/mol. The Morgan fingerprint density at radius 3 is 2.94 bits per heavy atom. The van der Waals surface area contributed by atoms with Gasteiger partial charge in [-0.25, -0.2) is 4.98 Å². The number of H-pyrrole nitrogens is 1. The maximum Gasteiger partial charge on any atom is 0.131 e. The molecule has 0 aliphatic carbocycles. The highest BCUT2D eigenvalue weighted by Crippen LogP contribution is 2.06. The molecule has 0 saturated carbocycles. The minimum absolute atomic E-state index is 0.276. The summed E-state index contributed by atoms with van der Waals surface area (Å²) in [6.45, 7) is 3.28. The average Bonchev–Trinajstić information content (AvgIpc) is 2.28. The summed E-state index contributed by atoms with van der Waals surface area (Å²) in [6, 6.07) is 1.85. The second kappa shape index (κ2) is 8.20. The first-order valence-corrected chi connectivity index (χ1v) is 6.62. The molecule has 1 aromatic heterocycles. The first kappa shape index (κ1) is 14.1. The summed E-state index contributed by atoms with van der Waals surface area (Å²) in [7, 11) is 0. The van der Waals surface area contributed by atoms with Crippen molar-refractivity contribution in [1.82, 2.24) is 9.97 Å². The summed E-state index contributed by atoms with van der Waals surface area (Å²) >= 11 is 5.12. The quantitative estimate of drug-likeness (QED) is 0.494. The maximum atomic E-state index is 8.67. The van der Waals surface area contributed by atoms with Crippen molar-refractivity contribution < 1.29 is 5.11 Å². The second-order valence-electron chi connectivity index (χ2n) is 4.04. The van der Waals surface area contributed by atoms with Crippen LogP contribution in [0, 0.1) is 4.64 Å². The fourth-order valence-electron chi connectivity index (χ4n) is 1.60. The van der Waals surface area contributed by atoms with Crippen molar-refractivity contribution >= 4 is 18.0 Å². The molecule has 1 aromatic rings. The van der Waals surface area contributed by atoms with E-state index in [1.807, 2.05) is 6.07 Å². The molecule has 0 bridgehead atoms. The number of nitrogens with one attached hydrogen (secondary N) is 2. The van der Waals surface area contributed by atoms with Crippen molar-refractivity contribution in [2.45, 2.75) is 39.0 Å². The Kier molecular flexibility index (Phi) is 6.81. The van der Waals surface area contributed by atoms with Crippen LogP contribution in [0.2, 0.25) is 0 Å². The Balaban J connectivity index is 2.44. The predicted octanol–water partition coefficient (Wildman–Crippen LogP) is 2.67. The highest BCUT2D eigenvalue weighted by Gasteiger charge is 1.98. The number of aromatic amines is 1. The van der Waals surface area contributed by atoms with Gasteiger partial charge in [-0.2, -0.15) is 0 Å². The summed E-state index contributed by atoms with van der Waals surface area (Å²) in [5.41, 5.74) is 0. The second-order valence-corrected chi connectivity index (χ2v) is 4.46. The van der Waals surface area contributed by atoms with Gasteiger partial charge in [0.1, 0.15) is 16.3 Å². The first-order chi connectivity index (χ1) is 8.26. The molecule has 17 heavy (non-hydrogen) atoms. The highest BCUT2D eigenvalue weighted by molar-refractivity contribution is 7.71. The molecule has 0 aliphatic heterocycles. The fraction of sp³-hybridized carbons (Fsp3) is 0.667. The largest absolute Gasteiger partial charge is 0.396 e. The van der Waals surface area contributed by atoms with Crippen LogP contribution in [-0.4, -0.2) is 28.2 Å². The number of aryl methyl sites for hydroxylation is 1. The zero-order valence-corrected chi connectivity index (χ0v) is 11.1. The summed E-state index contributed by atoms with van der Waals surface area (Å²) in [4.78, 5) is 7.51. The standard InChI is InChI=1S/C12H21N3OS/c1-2-6-10-14-11(9-12(17)15-10)13-7-4-3-5-8-16/h9,16H,2-8H2,1H3,(H2,13,14,15,17). The van der Waals surface area contributed by atoms with E-state index in [2.05, 4.69) is 22.2 Å². The molecule has 3 N–H and O–H groups in total. The number of aliphatic hydroxyl groups is 1. The van der Waals surface area contributed by atoms with Crippen LogP contribution in [-0.2, 0) is 6.42 Å². The van der Waals surface area contributed by atoms with Gasteiger partial charge in [-0.1, -0.05) is 19.1 Å². The molecular formula is C12H21N3OS. The molecular weight excluding hydrogens is 234 g/mol. The zero-order chi connectivity index (χ0) is 12.5. The van der Waals surface area contributed by atoms with E-state index in [4.69, 9.17) is 17.3 Å². The monoisotopic (exact) mass is 255 g/mol. The molecule has 1 rings (SSSR count).